The van der Waals surface area contributed by atoms with Gasteiger partial charge in [0.15, 0.2) is 0 Å². The van der Waals surface area contributed by atoms with Crippen LogP contribution in [0.1, 0.15) is 5.56 Å². The molecule has 0 amide bonds. The fourth-order valence-electron chi connectivity index (χ4n) is 1.09. The van der Waals surface area contributed by atoms with Gasteiger partial charge in [0, 0.05) is 0 Å². The fourth-order valence-corrected chi connectivity index (χ4v) is 1.98. The van der Waals surface area contributed by atoms with Gasteiger partial charge in [-0.15, -0.1) is 5.10 Å². The lowest BCUT2D eigenvalue weighted by atomic mass is 10.2. The maximum Gasteiger partial charge on any atom is 0.264 e. The molecule has 0 radical (unpaired) electrons. The molecule has 0 atom stereocenters. The Morgan fingerprint density at radius 3 is 3.00 bits per heavy atom. The van der Waals surface area contributed by atoms with Gasteiger partial charge in [0.25, 0.3) is 10.1 Å². The largest absolute Gasteiger partial charge is 0.265 e. The molecular weight excluding hydrogens is 236 g/mol. The fraction of sp³-hybridized carbons (Fsp3) is 0.250. The Morgan fingerprint density at radius 2 is 2.27 bits per heavy atom. The van der Waals surface area contributed by atoms with E-state index in [0.717, 1.165) is 22.0 Å². The molecule has 0 saturated carbocycles. The summed E-state index contributed by atoms with van der Waals surface area (Å²) in [7, 11) is -3.40. The second-order valence-electron chi connectivity index (χ2n) is 3.04. The van der Waals surface area contributed by atoms with E-state index in [0.29, 0.717) is 0 Å². The van der Waals surface area contributed by atoms with E-state index in [2.05, 4.69) is 13.8 Å². The monoisotopic (exact) mass is 244 g/mol. The lowest BCUT2D eigenvalue weighted by Crippen LogP contribution is -2.02. The number of hydrogen-bond acceptors (Lipinski definition) is 6. The second-order valence-corrected chi connectivity index (χ2v) is 5.47. The molecule has 1 heterocycles. The lowest BCUT2D eigenvalue weighted by Gasteiger charge is -2.00. The molecule has 0 unspecified atom stereocenters. The van der Waals surface area contributed by atoms with E-state index < -0.39 is 10.1 Å². The van der Waals surface area contributed by atoms with Gasteiger partial charge in [0.05, 0.1) is 17.6 Å². The van der Waals surface area contributed by atoms with Crippen molar-refractivity contribution in [3.8, 4) is 0 Å². The summed E-state index contributed by atoms with van der Waals surface area (Å²) < 4.78 is 31.0. The van der Waals surface area contributed by atoms with Crippen LogP contribution in [0.4, 0.5) is 0 Å². The molecule has 7 heteroatoms. The minimum absolute atomic E-state index is 0.0340. The third-order valence-corrected chi connectivity index (χ3v) is 3.00. The molecule has 0 spiro atoms. The van der Waals surface area contributed by atoms with Crippen LogP contribution in [0.3, 0.4) is 0 Å². The Bertz CT molecular complexity index is 576. The third-order valence-electron chi connectivity index (χ3n) is 1.75. The molecular formula is C8H8N2O3S2. The molecule has 0 aliphatic carbocycles. The lowest BCUT2D eigenvalue weighted by molar-refractivity contribution is 0.312. The maximum atomic E-state index is 10.8. The van der Waals surface area contributed by atoms with E-state index in [1.165, 1.54) is 11.5 Å². The summed E-state index contributed by atoms with van der Waals surface area (Å²) in [6, 6.07) is 5.42. The molecule has 1 aromatic heterocycles. The van der Waals surface area contributed by atoms with E-state index >= 15 is 0 Å². The molecule has 5 nitrogen and oxygen atoms in total. The summed E-state index contributed by atoms with van der Waals surface area (Å²) in [6.07, 6.45) is 1.02. The normalized spacial score (nSPS) is 12.1. The van der Waals surface area contributed by atoms with E-state index in [9.17, 15) is 8.42 Å². The topological polar surface area (TPSA) is 69.2 Å². The molecule has 2 aromatic rings. The number of rotatable bonds is 3. The van der Waals surface area contributed by atoms with Gasteiger partial charge in [-0.2, -0.15) is 8.42 Å². The van der Waals surface area contributed by atoms with Crippen LogP contribution >= 0.6 is 11.5 Å². The van der Waals surface area contributed by atoms with Gasteiger partial charge < -0.3 is 0 Å². The minimum Gasteiger partial charge on any atom is -0.265 e. The first-order chi connectivity index (χ1) is 7.04. The zero-order chi connectivity index (χ0) is 10.9. The van der Waals surface area contributed by atoms with Crippen molar-refractivity contribution in [1.82, 2.24) is 9.59 Å². The van der Waals surface area contributed by atoms with Crippen molar-refractivity contribution in [2.45, 2.75) is 6.61 Å². The number of fused-ring (bicyclic) bond motifs is 1. The predicted molar refractivity (Wildman–Crippen MR) is 57.0 cm³/mol. The van der Waals surface area contributed by atoms with Crippen molar-refractivity contribution < 1.29 is 12.6 Å². The molecule has 2 rings (SSSR count). The SMILES string of the molecule is CS(=O)(=O)OCc1ccc2snnc2c1. The van der Waals surface area contributed by atoms with Crippen molar-refractivity contribution in [3.05, 3.63) is 23.8 Å². The zero-order valence-corrected chi connectivity index (χ0v) is 9.51. The summed E-state index contributed by atoms with van der Waals surface area (Å²) in [4.78, 5) is 0. The third kappa shape index (κ3) is 2.71. The number of hydrogen-bond donors (Lipinski definition) is 0. The summed E-state index contributed by atoms with van der Waals surface area (Å²) in [5, 5.41) is 3.89. The molecule has 0 N–H and O–H groups in total. The molecule has 0 aliphatic rings. The van der Waals surface area contributed by atoms with Crippen LogP contribution in [0.25, 0.3) is 10.2 Å². The van der Waals surface area contributed by atoms with Crippen LogP contribution < -0.4 is 0 Å². The standard InChI is InChI=1S/C8H8N2O3S2/c1-15(11,12)13-5-6-2-3-8-7(4-6)9-10-14-8/h2-4H,5H2,1H3. The Hall–Kier alpha value is -1.05. The number of nitrogens with zero attached hydrogens (tertiary/aromatic N) is 2. The number of benzene rings is 1. The van der Waals surface area contributed by atoms with Crippen LogP contribution in [0.15, 0.2) is 18.2 Å². The first kappa shape index (κ1) is 10.5. The summed E-state index contributed by atoms with van der Waals surface area (Å²) >= 11 is 1.30. The highest BCUT2D eigenvalue weighted by molar-refractivity contribution is 7.85. The Labute approximate surface area is 91.0 Å². The Balaban J connectivity index is 2.21. The van der Waals surface area contributed by atoms with E-state index in [1.54, 1.807) is 12.1 Å². The van der Waals surface area contributed by atoms with Crippen LogP contribution in [0, 0.1) is 0 Å². The summed E-state index contributed by atoms with van der Waals surface area (Å²) in [5.74, 6) is 0. The van der Waals surface area contributed by atoms with Gasteiger partial charge in [-0.25, -0.2) is 0 Å². The second kappa shape index (κ2) is 3.84. The first-order valence-electron chi connectivity index (χ1n) is 4.10. The van der Waals surface area contributed by atoms with Gasteiger partial charge in [0.1, 0.15) is 5.52 Å². The van der Waals surface area contributed by atoms with Crippen molar-refractivity contribution in [1.29, 1.82) is 0 Å². The van der Waals surface area contributed by atoms with Gasteiger partial charge in [-0.3, -0.25) is 4.18 Å². The van der Waals surface area contributed by atoms with Crippen LogP contribution in [0.2, 0.25) is 0 Å². The zero-order valence-electron chi connectivity index (χ0n) is 7.87. The van der Waals surface area contributed by atoms with Crippen molar-refractivity contribution in [2.75, 3.05) is 6.26 Å². The molecule has 0 fully saturated rings. The highest BCUT2D eigenvalue weighted by Crippen LogP contribution is 2.17. The molecule has 0 bridgehead atoms. The molecule has 0 aliphatic heterocycles. The van der Waals surface area contributed by atoms with E-state index in [-0.39, 0.29) is 6.61 Å². The summed E-state index contributed by atoms with van der Waals surface area (Å²) in [6.45, 7) is 0.0340. The summed E-state index contributed by atoms with van der Waals surface area (Å²) in [5.41, 5.74) is 1.52. The maximum absolute atomic E-state index is 10.8. The molecule has 0 saturated heterocycles. The van der Waals surface area contributed by atoms with Crippen LogP contribution in [-0.4, -0.2) is 24.3 Å². The quantitative estimate of drug-likeness (QED) is 0.758. The van der Waals surface area contributed by atoms with Gasteiger partial charge in [-0.1, -0.05) is 10.6 Å². The Morgan fingerprint density at radius 1 is 1.47 bits per heavy atom. The molecule has 80 valence electrons. The van der Waals surface area contributed by atoms with Gasteiger partial charge in [-0.05, 0) is 29.2 Å². The first-order valence-corrected chi connectivity index (χ1v) is 6.69. The molecule has 15 heavy (non-hydrogen) atoms. The van der Waals surface area contributed by atoms with Crippen molar-refractivity contribution >= 4 is 31.9 Å². The average molecular weight is 244 g/mol. The van der Waals surface area contributed by atoms with Gasteiger partial charge in [0.2, 0.25) is 0 Å². The Kier molecular flexibility index (Phi) is 2.68. The van der Waals surface area contributed by atoms with Gasteiger partial charge >= 0.3 is 0 Å². The average Bonchev–Trinajstić information content (AvgIpc) is 2.60. The number of aromatic nitrogens is 2. The van der Waals surface area contributed by atoms with Crippen LogP contribution in [-0.2, 0) is 20.9 Å². The smallest absolute Gasteiger partial charge is 0.264 e. The van der Waals surface area contributed by atoms with Crippen molar-refractivity contribution in [2.24, 2.45) is 0 Å². The predicted octanol–water partition coefficient (Wildman–Crippen LogP) is 1.17. The molecule has 1 aromatic carbocycles. The van der Waals surface area contributed by atoms with E-state index in [4.69, 9.17) is 0 Å². The van der Waals surface area contributed by atoms with E-state index in [1.807, 2.05) is 6.07 Å². The highest BCUT2D eigenvalue weighted by atomic mass is 32.2. The minimum atomic E-state index is -3.40. The van der Waals surface area contributed by atoms with Crippen molar-refractivity contribution in [3.63, 3.8) is 0 Å². The highest BCUT2D eigenvalue weighted by Gasteiger charge is 2.04. The van der Waals surface area contributed by atoms with Crippen LogP contribution in [0.5, 0.6) is 0 Å².